The summed E-state index contributed by atoms with van der Waals surface area (Å²) in [5.74, 6) is 3.86. The molecule has 3 fully saturated rings. The number of rotatable bonds is 7. The lowest BCUT2D eigenvalue weighted by Gasteiger charge is -2.37. The normalized spacial score (nSPS) is 21.3. The monoisotopic (exact) mass is 514 g/mol. The van der Waals surface area contributed by atoms with Gasteiger partial charge >= 0.3 is 0 Å². The van der Waals surface area contributed by atoms with E-state index in [9.17, 15) is 0 Å². The van der Waals surface area contributed by atoms with Crippen molar-refractivity contribution in [1.29, 1.82) is 0 Å². The standard InChI is InChI=1S/C22H34N4O2.HI/c1-23-21(24-16-22(8-9-22)18-4-5-18)26-12-10-25(11-13-26)15-17-14-19(27-2)6-7-20(17)28-3;/h6-7,14,18H,4-5,8-13,15-16H2,1-3H3,(H,23,24);1H. The molecule has 2 saturated carbocycles. The number of hydrogen-bond acceptors (Lipinski definition) is 4. The average Bonchev–Trinajstić information content (AvgIpc) is 3.63. The Morgan fingerprint density at radius 2 is 1.86 bits per heavy atom. The summed E-state index contributed by atoms with van der Waals surface area (Å²) >= 11 is 0. The van der Waals surface area contributed by atoms with Crippen LogP contribution in [0.15, 0.2) is 23.2 Å². The zero-order valence-electron chi connectivity index (χ0n) is 17.9. The van der Waals surface area contributed by atoms with Crippen molar-refractivity contribution in [2.24, 2.45) is 16.3 Å². The van der Waals surface area contributed by atoms with E-state index in [-0.39, 0.29) is 24.0 Å². The van der Waals surface area contributed by atoms with Gasteiger partial charge in [0.15, 0.2) is 5.96 Å². The van der Waals surface area contributed by atoms with Crippen LogP contribution in [0.2, 0.25) is 0 Å². The van der Waals surface area contributed by atoms with Crippen LogP contribution in [0.25, 0.3) is 0 Å². The number of hydrogen-bond donors (Lipinski definition) is 1. The molecule has 2 aliphatic carbocycles. The molecule has 29 heavy (non-hydrogen) atoms. The number of methoxy groups -OCH3 is 2. The van der Waals surface area contributed by atoms with Gasteiger partial charge in [-0.25, -0.2) is 0 Å². The van der Waals surface area contributed by atoms with Crippen LogP contribution in [-0.4, -0.2) is 69.8 Å². The highest BCUT2D eigenvalue weighted by Crippen LogP contribution is 2.60. The molecule has 0 aromatic heterocycles. The van der Waals surface area contributed by atoms with E-state index in [1.165, 1.54) is 31.2 Å². The Labute approximate surface area is 192 Å². The van der Waals surface area contributed by atoms with Gasteiger partial charge in [0, 0.05) is 51.9 Å². The van der Waals surface area contributed by atoms with Crippen LogP contribution in [0, 0.1) is 11.3 Å². The summed E-state index contributed by atoms with van der Waals surface area (Å²) in [6.45, 7) is 6.03. The lowest BCUT2D eigenvalue weighted by Crippen LogP contribution is -2.53. The zero-order valence-corrected chi connectivity index (χ0v) is 20.3. The van der Waals surface area contributed by atoms with E-state index in [0.29, 0.717) is 5.41 Å². The van der Waals surface area contributed by atoms with Gasteiger partial charge in [-0.15, -0.1) is 24.0 Å². The number of guanidine groups is 1. The number of ether oxygens (including phenoxy) is 2. The first-order valence-corrected chi connectivity index (χ1v) is 10.6. The molecular weight excluding hydrogens is 479 g/mol. The molecule has 1 heterocycles. The van der Waals surface area contributed by atoms with Crippen LogP contribution < -0.4 is 14.8 Å². The van der Waals surface area contributed by atoms with Crippen molar-refractivity contribution < 1.29 is 9.47 Å². The predicted octanol–water partition coefficient (Wildman–Crippen LogP) is 3.21. The number of halogens is 1. The van der Waals surface area contributed by atoms with E-state index >= 15 is 0 Å². The second-order valence-electron chi connectivity index (χ2n) is 8.48. The summed E-state index contributed by atoms with van der Waals surface area (Å²) < 4.78 is 10.9. The van der Waals surface area contributed by atoms with Crippen molar-refractivity contribution in [3.8, 4) is 11.5 Å². The number of nitrogens with one attached hydrogen (secondary N) is 1. The topological polar surface area (TPSA) is 49.3 Å². The molecule has 0 unspecified atom stereocenters. The Morgan fingerprint density at radius 1 is 1.14 bits per heavy atom. The van der Waals surface area contributed by atoms with E-state index in [2.05, 4.69) is 26.2 Å². The molecule has 0 amide bonds. The Morgan fingerprint density at radius 3 is 2.41 bits per heavy atom. The maximum Gasteiger partial charge on any atom is 0.193 e. The molecule has 0 spiro atoms. The number of benzene rings is 1. The number of nitrogens with zero attached hydrogens (tertiary/aromatic N) is 3. The molecule has 0 atom stereocenters. The number of aliphatic imine (C=N–C) groups is 1. The lowest BCUT2D eigenvalue weighted by molar-refractivity contribution is 0.170. The van der Waals surface area contributed by atoms with Crippen molar-refractivity contribution >= 4 is 29.9 Å². The first-order chi connectivity index (χ1) is 13.7. The first kappa shape index (κ1) is 22.5. The van der Waals surface area contributed by atoms with Crippen molar-refractivity contribution in [2.75, 3.05) is 54.0 Å². The maximum atomic E-state index is 5.54. The zero-order chi connectivity index (χ0) is 19.6. The Hall–Kier alpha value is -1.22. The highest BCUT2D eigenvalue weighted by molar-refractivity contribution is 14.0. The minimum atomic E-state index is 0. The van der Waals surface area contributed by atoms with Gasteiger partial charge in [0.05, 0.1) is 14.2 Å². The fraction of sp³-hybridized carbons (Fsp3) is 0.682. The molecule has 0 radical (unpaired) electrons. The van der Waals surface area contributed by atoms with Crippen molar-refractivity contribution in [3.05, 3.63) is 23.8 Å². The van der Waals surface area contributed by atoms with E-state index < -0.39 is 0 Å². The molecule has 1 N–H and O–H groups in total. The molecule has 4 rings (SSSR count). The van der Waals surface area contributed by atoms with Crippen LogP contribution in [0.3, 0.4) is 0 Å². The smallest absolute Gasteiger partial charge is 0.193 e. The molecule has 1 aromatic rings. The summed E-state index contributed by atoms with van der Waals surface area (Å²) in [7, 11) is 5.34. The fourth-order valence-electron chi connectivity index (χ4n) is 4.54. The molecule has 6 nitrogen and oxygen atoms in total. The highest BCUT2D eigenvalue weighted by Gasteiger charge is 2.53. The third-order valence-electron chi connectivity index (χ3n) is 6.70. The van der Waals surface area contributed by atoms with Gasteiger partial charge in [-0.2, -0.15) is 0 Å². The highest BCUT2D eigenvalue weighted by atomic mass is 127. The van der Waals surface area contributed by atoms with E-state index in [1.54, 1.807) is 14.2 Å². The van der Waals surface area contributed by atoms with Gasteiger partial charge in [0.25, 0.3) is 0 Å². The maximum absolute atomic E-state index is 5.54. The largest absolute Gasteiger partial charge is 0.497 e. The summed E-state index contributed by atoms with van der Waals surface area (Å²) in [4.78, 5) is 9.44. The second kappa shape index (κ2) is 9.73. The van der Waals surface area contributed by atoms with Crippen LogP contribution in [0.5, 0.6) is 11.5 Å². The SMILES string of the molecule is CN=C(NCC1(C2CC2)CC1)N1CCN(Cc2cc(OC)ccc2OC)CC1.I. The van der Waals surface area contributed by atoms with Crippen LogP contribution in [0.1, 0.15) is 31.2 Å². The van der Waals surface area contributed by atoms with Crippen molar-refractivity contribution in [1.82, 2.24) is 15.1 Å². The Bertz CT molecular complexity index is 711. The van der Waals surface area contributed by atoms with Crippen molar-refractivity contribution in [2.45, 2.75) is 32.2 Å². The van der Waals surface area contributed by atoms with Crippen LogP contribution in [0.4, 0.5) is 0 Å². The molecule has 3 aliphatic rings. The molecular formula is C22H35IN4O2. The predicted molar refractivity (Wildman–Crippen MR) is 128 cm³/mol. The van der Waals surface area contributed by atoms with Crippen molar-refractivity contribution in [3.63, 3.8) is 0 Å². The summed E-state index contributed by atoms with van der Waals surface area (Å²) in [6.07, 6.45) is 5.68. The number of piperazine rings is 1. The minimum Gasteiger partial charge on any atom is -0.497 e. The van der Waals surface area contributed by atoms with Gasteiger partial charge in [-0.05, 0) is 55.2 Å². The molecule has 1 aliphatic heterocycles. The lowest BCUT2D eigenvalue weighted by atomic mass is 10.0. The molecule has 1 aromatic carbocycles. The molecule has 1 saturated heterocycles. The summed E-state index contributed by atoms with van der Waals surface area (Å²) in [5, 5.41) is 3.68. The van der Waals surface area contributed by atoms with E-state index in [0.717, 1.165) is 62.6 Å². The minimum absolute atomic E-state index is 0. The Balaban J connectivity index is 0.00000240. The third-order valence-corrected chi connectivity index (χ3v) is 6.70. The van der Waals surface area contributed by atoms with Crippen LogP contribution >= 0.6 is 24.0 Å². The Kier molecular flexibility index (Phi) is 7.53. The van der Waals surface area contributed by atoms with E-state index in [1.807, 2.05) is 19.2 Å². The first-order valence-electron chi connectivity index (χ1n) is 10.6. The third kappa shape index (κ3) is 5.29. The second-order valence-corrected chi connectivity index (χ2v) is 8.48. The quantitative estimate of drug-likeness (QED) is 0.344. The molecule has 0 bridgehead atoms. The summed E-state index contributed by atoms with van der Waals surface area (Å²) in [6, 6.07) is 6.02. The average molecular weight is 514 g/mol. The molecule has 7 heteroatoms. The van der Waals surface area contributed by atoms with Gasteiger partial charge in [0.2, 0.25) is 0 Å². The van der Waals surface area contributed by atoms with Gasteiger partial charge in [-0.1, -0.05) is 0 Å². The fourth-order valence-corrected chi connectivity index (χ4v) is 4.54. The summed E-state index contributed by atoms with van der Waals surface area (Å²) in [5.41, 5.74) is 1.78. The van der Waals surface area contributed by atoms with Gasteiger partial charge < -0.3 is 19.7 Å². The van der Waals surface area contributed by atoms with Gasteiger partial charge in [0.1, 0.15) is 11.5 Å². The molecule has 162 valence electrons. The van der Waals surface area contributed by atoms with Gasteiger partial charge in [-0.3, -0.25) is 9.89 Å². The van der Waals surface area contributed by atoms with E-state index in [4.69, 9.17) is 9.47 Å². The van der Waals surface area contributed by atoms with Crippen LogP contribution in [-0.2, 0) is 6.54 Å².